The fraction of sp³-hybridized carbons (Fsp3) is 0.625. The molecular formula is C16H20N2O4. The third-order valence-electron chi connectivity index (χ3n) is 5.07. The molecule has 1 amide bonds. The van der Waals surface area contributed by atoms with Crippen LogP contribution in [0.3, 0.4) is 0 Å². The maximum absolute atomic E-state index is 12.5. The summed E-state index contributed by atoms with van der Waals surface area (Å²) in [4.78, 5) is 28.1. The molecule has 3 atom stereocenters. The summed E-state index contributed by atoms with van der Waals surface area (Å²) in [6, 6.07) is 3.40. The quantitative estimate of drug-likeness (QED) is 0.796. The number of carbonyl (C=O) groups is 1. The summed E-state index contributed by atoms with van der Waals surface area (Å²) in [6.45, 7) is 6.23. The fourth-order valence-electron chi connectivity index (χ4n) is 3.77. The third kappa shape index (κ3) is 2.31. The first-order valence-corrected chi connectivity index (χ1v) is 7.87. The lowest BCUT2D eigenvalue weighted by atomic mass is 10.2. The minimum absolute atomic E-state index is 0.200. The highest BCUT2D eigenvalue weighted by Gasteiger charge is 2.58. The summed E-state index contributed by atoms with van der Waals surface area (Å²) < 4.78 is 10.3. The average Bonchev–Trinajstić information content (AvgIpc) is 2.97. The van der Waals surface area contributed by atoms with Gasteiger partial charge in [-0.3, -0.25) is 4.79 Å². The van der Waals surface area contributed by atoms with Gasteiger partial charge in [0.1, 0.15) is 5.76 Å². The van der Waals surface area contributed by atoms with Crippen LogP contribution in [0.1, 0.15) is 5.76 Å². The Morgan fingerprint density at radius 2 is 1.82 bits per heavy atom. The van der Waals surface area contributed by atoms with Gasteiger partial charge >= 0.3 is 5.63 Å². The van der Waals surface area contributed by atoms with E-state index >= 15 is 0 Å². The van der Waals surface area contributed by atoms with Crippen LogP contribution < -0.4 is 10.5 Å². The van der Waals surface area contributed by atoms with Crippen LogP contribution in [0.2, 0.25) is 0 Å². The predicted molar refractivity (Wildman–Crippen MR) is 79.8 cm³/mol. The molecule has 0 radical (unpaired) electrons. The Labute approximate surface area is 128 Å². The van der Waals surface area contributed by atoms with Crippen molar-refractivity contribution >= 4 is 11.6 Å². The van der Waals surface area contributed by atoms with Crippen LogP contribution in [0.4, 0.5) is 5.69 Å². The Morgan fingerprint density at radius 3 is 2.45 bits per heavy atom. The summed E-state index contributed by atoms with van der Waals surface area (Å²) in [5.74, 6) is 2.04. The van der Waals surface area contributed by atoms with Crippen molar-refractivity contribution < 1.29 is 13.9 Å². The molecule has 1 aliphatic carbocycles. The second-order valence-corrected chi connectivity index (χ2v) is 6.45. The molecule has 2 saturated heterocycles. The summed E-state index contributed by atoms with van der Waals surface area (Å²) in [5.41, 5.74) is 0.567. The summed E-state index contributed by atoms with van der Waals surface area (Å²) in [5, 5.41) is 0. The van der Waals surface area contributed by atoms with Crippen LogP contribution in [-0.4, -0.2) is 50.2 Å². The van der Waals surface area contributed by atoms with Crippen LogP contribution in [-0.2, 0) is 9.53 Å². The molecule has 3 fully saturated rings. The van der Waals surface area contributed by atoms with Crippen molar-refractivity contribution in [2.24, 2.45) is 17.8 Å². The number of anilines is 1. The molecule has 22 heavy (non-hydrogen) atoms. The molecular weight excluding hydrogens is 284 g/mol. The highest BCUT2D eigenvalue weighted by atomic mass is 16.5. The second-order valence-electron chi connectivity index (χ2n) is 6.45. The van der Waals surface area contributed by atoms with E-state index in [4.69, 9.17) is 9.15 Å². The standard InChI is InChI=1S/C16H20N2O4/c1-10-6-11(7-14(19)22-10)17-2-4-18(5-3-17)16(20)15-12-8-21-9-13(12)15/h6-7,12-13,15H,2-5,8-9H2,1H3/t12-,13+,15?. The lowest BCUT2D eigenvalue weighted by molar-refractivity contribution is -0.134. The van der Waals surface area contributed by atoms with Gasteiger partial charge in [-0.05, 0) is 24.8 Å². The zero-order valence-electron chi connectivity index (χ0n) is 12.7. The maximum Gasteiger partial charge on any atom is 0.337 e. The topological polar surface area (TPSA) is 63.0 Å². The van der Waals surface area contributed by atoms with Crippen molar-refractivity contribution in [1.82, 2.24) is 4.90 Å². The van der Waals surface area contributed by atoms with Crippen molar-refractivity contribution in [1.29, 1.82) is 0 Å². The van der Waals surface area contributed by atoms with Gasteiger partial charge in [0.15, 0.2) is 0 Å². The SMILES string of the molecule is Cc1cc(N2CCN(C(=O)C3[C@H]4COC[C@@H]34)CC2)cc(=O)o1. The predicted octanol–water partition coefficient (Wildman–Crippen LogP) is 0.489. The van der Waals surface area contributed by atoms with Gasteiger partial charge in [-0.1, -0.05) is 0 Å². The zero-order valence-corrected chi connectivity index (χ0v) is 12.7. The zero-order chi connectivity index (χ0) is 15.3. The molecule has 3 heterocycles. The van der Waals surface area contributed by atoms with Gasteiger partial charge in [-0.25, -0.2) is 4.79 Å². The number of amides is 1. The van der Waals surface area contributed by atoms with E-state index in [1.54, 1.807) is 6.92 Å². The Morgan fingerprint density at radius 1 is 1.14 bits per heavy atom. The molecule has 0 spiro atoms. The van der Waals surface area contributed by atoms with E-state index in [-0.39, 0.29) is 11.5 Å². The molecule has 0 N–H and O–H groups in total. The normalized spacial score (nSPS) is 30.3. The van der Waals surface area contributed by atoms with Gasteiger partial charge in [0.2, 0.25) is 5.91 Å². The molecule has 6 heteroatoms. The number of fused-ring (bicyclic) bond motifs is 1. The van der Waals surface area contributed by atoms with Crippen LogP contribution >= 0.6 is 0 Å². The van der Waals surface area contributed by atoms with E-state index in [9.17, 15) is 9.59 Å². The summed E-state index contributed by atoms with van der Waals surface area (Å²) in [7, 11) is 0. The van der Waals surface area contributed by atoms with Crippen molar-refractivity contribution in [3.8, 4) is 0 Å². The first-order chi connectivity index (χ1) is 10.6. The molecule has 2 aliphatic heterocycles. The lowest BCUT2D eigenvalue weighted by Crippen LogP contribution is -2.49. The van der Waals surface area contributed by atoms with E-state index < -0.39 is 0 Å². The van der Waals surface area contributed by atoms with E-state index in [0.29, 0.717) is 23.5 Å². The maximum atomic E-state index is 12.5. The number of hydrogen-bond donors (Lipinski definition) is 0. The Hall–Kier alpha value is -1.82. The number of piperazine rings is 1. The van der Waals surface area contributed by atoms with Crippen molar-refractivity contribution in [2.75, 3.05) is 44.3 Å². The van der Waals surface area contributed by atoms with Gasteiger partial charge in [-0.2, -0.15) is 0 Å². The van der Waals surface area contributed by atoms with Crippen LogP contribution in [0, 0.1) is 24.7 Å². The molecule has 3 aliphatic rings. The van der Waals surface area contributed by atoms with Crippen molar-refractivity contribution in [3.05, 3.63) is 28.3 Å². The van der Waals surface area contributed by atoms with Crippen LogP contribution in [0.5, 0.6) is 0 Å². The molecule has 6 nitrogen and oxygen atoms in total. The minimum Gasteiger partial charge on any atom is -0.428 e. The largest absolute Gasteiger partial charge is 0.428 e. The third-order valence-corrected chi connectivity index (χ3v) is 5.07. The fourth-order valence-corrected chi connectivity index (χ4v) is 3.77. The number of ether oxygens (including phenoxy) is 1. The average molecular weight is 304 g/mol. The Bertz CT molecular complexity index is 638. The minimum atomic E-state index is -0.320. The summed E-state index contributed by atoms with van der Waals surface area (Å²) in [6.07, 6.45) is 0. The van der Waals surface area contributed by atoms with E-state index in [0.717, 1.165) is 45.1 Å². The molecule has 4 rings (SSSR count). The smallest absolute Gasteiger partial charge is 0.337 e. The molecule has 118 valence electrons. The number of carbonyl (C=O) groups excluding carboxylic acids is 1. The molecule has 1 unspecified atom stereocenters. The van der Waals surface area contributed by atoms with Gasteiger partial charge in [0.05, 0.1) is 13.2 Å². The van der Waals surface area contributed by atoms with Crippen LogP contribution in [0.15, 0.2) is 21.3 Å². The molecule has 1 aromatic rings. The van der Waals surface area contributed by atoms with E-state index in [1.165, 1.54) is 6.07 Å². The lowest BCUT2D eigenvalue weighted by Gasteiger charge is -2.36. The molecule has 1 aromatic heterocycles. The molecule has 0 aromatic carbocycles. The monoisotopic (exact) mass is 304 g/mol. The van der Waals surface area contributed by atoms with E-state index in [2.05, 4.69) is 4.90 Å². The van der Waals surface area contributed by atoms with Crippen LogP contribution in [0.25, 0.3) is 0 Å². The Balaban J connectivity index is 1.38. The molecule has 1 saturated carbocycles. The first-order valence-electron chi connectivity index (χ1n) is 7.87. The van der Waals surface area contributed by atoms with E-state index in [1.807, 2.05) is 11.0 Å². The van der Waals surface area contributed by atoms with Crippen molar-refractivity contribution in [2.45, 2.75) is 6.92 Å². The van der Waals surface area contributed by atoms with Gasteiger partial charge in [0, 0.05) is 43.9 Å². The Kier molecular flexibility index (Phi) is 3.22. The second kappa shape index (κ2) is 5.12. The summed E-state index contributed by atoms with van der Waals surface area (Å²) >= 11 is 0. The van der Waals surface area contributed by atoms with Gasteiger partial charge in [-0.15, -0.1) is 0 Å². The molecule has 0 bridgehead atoms. The van der Waals surface area contributed by atoms with Crippen molar-refractivity contribution in [3.63, 3.8) is 0 Å². The first kappa shape index (κ1) is 13.8. The number of aryl methyl sites for hydroxylation is 1. The van der Waals surface area contributed by atoms with Gasteiger partial charge < -0.3 is 19.0 Å². The highest BCUT2D eigenvalue weighted by Crippen LogP contribution is 2.51. The highest BCUT2D eigenvalue weighted by molar-refractivity contribution is 5.83. The number of rotatable bonds is 2. The number of nitrogens with zero attached hydrogens (tertiary/aromatic N) is 2. The van der Waals surface area contributed by atoms with Gasteiger partial charge in [0.25, 0.3) is 0 Å². The number of hydrogen-bond acceptors (Lipinski definition) is 5.